The highest BCUT2D eigenvalue weighted by Gasteiger charge is 2.26. The summed E-state index contributed by atoms with van der Waals surface area (Å²) in [5.74, 6) is -0.202. The Balaban J connectivity index is 2.13. The van der Waals surface area contributed by atoms with Crippen LogP contribution in [0.3, 0.4) is 0 Å². The average Bonchev–Trinajstić information content (AvgIpc) is 2.68. The van der Waals surface area contributed by atoms with Gasteiger partial charge in [-0.3, -0.25) is 9.59 Å². The molecule has 5 heteroatoms. The minimum Gasteiger partial charge on any atom is -0.352 e. The van der Waals surface area contributed by atoms with E-state index >= 15 is 0 Å². The van der Waals surface area contributed by atoms with Gasteiger partial charge in [-0.15, -0.1) is 0 Å². The molecular weight excluding hydrogens is 372 g/mol. The van der Waals surface area contributed by atoms with Crippen molar-refractivity contribution in [2.24, 2.45) is 0 Å². The molecule has 0 saturated heterocycles. The Hall–Kier alpha value is -2.33. The molecule has 0 bridgehead atoms. The predicted octanol–water partition coefficient (Wildman–Crippen LogP) is 4.26. The van der Waals surface area contributed by atoms with E-state index in [1.807, 2.05) is 56.3 Å². The topological polar surface area (TPSA) is 49.4 Å². The molecule has 4 nitrogen and oxygen atoms in total. The Morgan fingerprint density at radius 1 is 1.04 bits per heavy atom. The number of benzene rings is 2. The number of nitrogens with one attached hydrogen (secondary N) is 1. The maximum atomic E-state index is 13.0. The van der Waals surface area contributed by atoms with E-state index in [0.29, 0.717) is 18.0 Å². The largest absolute Gasteiger partial charge is 0.352 e. The summed E-state index contributed by atoms with van der Waals surface area (Å²) < 4.78 is 0. The Bertz CT molecular complexity index is 779. The van der Waals surface area contributed by atoms with Crippen LogP contribution in [-0.4, -0.2) is 35.3 Å². The lowest BCUT2D eigenvalue weighted by Crippen LogP contribution is -2.50. The van der Waals surface area contributed by atoms with Crippen LogP contribution in [0.2, 0.25) is 5.02 Å². The second kappa shape index (κ2) is 10.9. The molecule has 2 rings (SSSR count). The van der Waals surface area contributed by atoms with Crippen LogP contribution in [-0.2, 0) is 22.4 Å². The molecule has 2 unspecified atom stereocenters. The number of nitrogens with zero attached hydrogens (tertiary/aromatic N) is 1. The maximum absolute atomic E-state index is 13.0. The van der Waals surface area contributed by atoms with Crippen LogP contribution in [0.25, 0.3) is 0 Å². The van der Waals surface area contributed by atoms with Gasteiger partial charge in [-0.2, -0.15) is 0 Å². The fourth-order valence-corrected chi connectivity index (χ4v) is 3.17. The van der Waals surface area contributed by atoms with E-state index in [4.69, 9.17) is 11.6 Å². The van der Waals surface area contributed by atoms with E-state index in [-0.39, 0.29) is 24.3 Å². The molecule has 0 spiro atoms. The maximum Gasteiger partial charge on any atom is 0.242 e. The highest BCUT2D eigenvalue weighted by atomic mass is 35.5. The van der Waals surface area contributed by atoms with Gasteiger partial charge in [-0.25, -0.2) is 0 Å². The number of amides is 2. The summed E-state index contributed by atoms with van der Waals surface area (Å²) >= 11 is 6.05. The monoisotopic (exact) mass is 400 g/mol. The van der Waals surface area contributed by atoms with Gasteiger partial charge in [-0.05, 0) is 49.9 Å². The summed E-state index contributed by atoms with van der Waals surface area (Å²) in [5.41, 5.74) is 1.98. The van der Waals surface area contributed by atoms with Crippen molar-refractivity contribution in [3.05, 3.63) is 70.7 Å². The summed E-state index contributed by atoms with van der Waals surface area (Å²) in [6.45, 7) is 6.26. The standard InChI is InChI=1S/C23H29ClN2O2/c1-4-17(2)25-23(28)18(3)26(14-13-19-9-6-5-7-10-19)22(27)16-20-11-8-12-21(24)15-20/h5-12,15,17-18H,4,13-14,16H2,1-3H3,(H,25,28). The van der Waals surface area contributed by atoms with Gasteiger partial charge < -0.3 is 10.2 Å². The van der Waals surface area contributed by atoms with Crippen molar-refractivity contribution in [2.45, 2.75) is 52.1 Å². The number of halogens is 1. The third-order valence-corrected chi connectivity index (χ3v) is 5.13. The first kappa shape index (κ1) is 22.0. The lowest BCUT2D eigenvalue weighted by atomic mass is 10.1. The SMILES string of the molecule is CCC(C)NC(=O)C(C)N(CCc1ccccc1)C(=O)Cc1cccc(Cl)c1. The van der Waals surface area contributed by atoms with E-state index in [1.165, 1.54) is 0 Å². The molecule has 0 aliphatic rings. The summed E-state index contributed by atoms with van der Waals surface area (Å²) in [7, 11) is 0. The highest BCUT2D eigenvalue weighted by molar-refractivity contribution is 6.30. The van der Waals surface area contributed by atoms with Crippen molar-refractivity contribution in [3.63, 3.8) is 0 Å². The quantitative estimate of drug-likeness (QED) is 0.683. The van der Waals surface area contributed by atoms with E-state index in [1.54, 1.807) is 24.0 Å². The lowest BCUT2D eigenvalue weighted by Gasteiger charge is -2.29. The number of carbonyl (C=O) groups is 2. The molecule has 2 aromatic rings. The zero-order valence-electron chi connectivity index (χ0n) is 16.8. The third kappa shape index (κ3) is 6.68. The fourth-order valence-electron chi connectivity index (χ4n) is 2.96. The molecule has 2 aromatic carbocycles. The minimum absolute atomic E-state index is 0.0777. The van der Waals surface area contributed by atoms with Crippen LogP contribution in [0, 0.1) is 0 Å². The van der Waals surface area contributed by atoms with Crippen LogP contribution in [0.5, 0.6) is 0 Å². The fraction of sp³-hybridized carbons (Fsp3) is 0.391. The summed E-state index contributed by atoms with van der Waals surface area (Å²) in [6, 6.07) is 16.8. The van der Waals surface area contributed by atoms with Crippen LogP contribution in [0.4, 0.5) is 0 Å². The molecule has 0 aliphatic carbocycles. The lowest BCUT2D eigenvalue weighted by molar-refractivity contribution is -0.139. The Labute approximate surface area is 172 Å². The van der Waals surface area contributed by atoms with Gasteiger partial charge in [0.2, 0.25) is 11.8 Å². The molecule has 0 aromatic heterocycles. The summed E-state index contributed by atoms with van der Waals surface area (Å²) in [6.07, 6.45) is 1.76. The summed E-state index contributed by atoms with van der Waals surface area (Å²) in [5, 5.41) is 3.58. The van der Waals surface area contributed by atoms with Crippen molar-refractivity contribution in [3.8, 4) is 0 Å². The molecule has 0 heterocycles. The van der Waals surface area contributed by atoms with Crippen LogP contribution in [0.15, 0.2) is 54.6 Å². The van der Waals surface area contributed by atoms with Crippen LogP contribution in [0.1, 0.15) is 38.3 Å². The smallest absolute Gasteiger partial charge is 0.242 e. The van der Waals surface area contributed by atoms with Gasteiger partial charge in [0.05, 0.1) is 6.42 Å². The van der Waals surface area contributed by atoms with Crippen molar-refractivity contribution < 1.29 is 9.59 Å². The van der Waals surface area contributed by atoms with E-state index in [2.05, 4.69) is 5.32 Å². The molecule has 0 fully saturated rings. The first-order valence-corrected chi connectivity index (χ1v) is 10.2. The number of hydrogen-bond donors (Lipinski definition) is 1. The molecule has 0 saturated carbocycles. The molecule has 28 heavy (non-hydrogen) atoms. The molecule has 2 atom stereocenters. The van der Waals surface area contributed by atoms with Crippen molar-refractivity contribution in [1.29, 1.82) is 0 Å². The first-order valence-electron chi connectivity index (χ1n) is 9.79. The van der Waals surface area contributed by atoms with Gasteiger partial charge in [0.1, 0.15) is 6.04 Å². The van der Waals surface area contributed by atoms with E-state index in [0.717, 1.165) is 17.5 Å². The second-order valence-corrected chi connectivity index (χ2v) is 7.56. The highest BCUT2D eigenvalue weighted by Crippen LogP contribution is 2.14. The molecule has 150 valence electrons. The van der Waals surface area contributed by atoms with Crippen molar-refractivity contribution >= 4 is 23.4 Å². The van der Waals surface area contributed by atoms with Gasteiger partial charge in [0.25, 0.3) is 0 Å². The minimum atomic E-state index is -0.538. The van der Waals surface area contributed by atoms with Gasteiger partial charge in [-0.1, -0.05) is 61.0 Å². The zero-order valence-corrected chi connectivity index (χ0v) is 17.6. The normalized spacial score (nSPS) is 12.9. The number of hydrogen-bond acceptors (Lipinski definition) is 2. The zero-order chi connectivity index (χ0) is 20.5. The second-order valence-electron chi connectivity index (χ2n) is 7.12. The number of rotatable bonds is 9. The van der Waals surface area contributed by atoms with E-state index < -0.39 is 6.04 Å². The van der Waals surface area contributed by atoms with Crippen LogP contribution >= 0.6 is 11.6 Å². The van der Waals surface area contributed by atoms with Gasteiger partial charge in [0, 0.05) is 17.6 Å². The van der Waals surface area contributed by atoms with Crippen molar-refractivity contribution in [2.75, 3.05) is 6.54 Å². The third-order valence-electron chi connectivity index (χ3n) is 4.90. The predicted molar refractivity (Wildman–Crippen MR) is 114 cm³/mol. The van der Waals surface area contributed by atoms with Crippen molar-refractivity contribution in [1.82, 2.24) is 10.2 Å². The molecule has 0 radical (unpaired) electrons. The van der Waals surface area contributed by atoms with Gasteiger partial charge in [0.15, 0.2) is 0 Å². The summed E-state index contributed by atoms with van der Waals surface area (Å²) in [4.78, 5) is 27.4. The first-order chi connectivity index (χ1) is 13.4. The Kier molecular flexibility index (Phi) is 8.52. The average molecular weight is 401 g/mol. The van der Waals surface area contributed by atoms with Gasteiger partial charge >= 0.3 is 0 Å². The van der Waals surface area contributed by atoms with E-state index in [9.17, 15) is 9.59 Å². The van der Waals surface area contributed by atoms with Crippen LogP contribution < -0.4 is 5.32 Å². The molecule has 0 aliphatic heterocycles. The molecule has 1 N–H and O–H groups in total. The Morgan fingerprint density at radius 2 is 1.71 bits per heavy atom. The Morgan fingerprint density at radius 3 is 2.36 bits per heavy atom. The number of carbonyl (C=O) groups excluding carboxylic acids is 2. The molecule has 2 amide bonds. The molecular formula is C23H29ClN2O2.